The van der Waals surface area contributed by atoms with Crippen molar-refractivity contribution in [3.63, 3.8) is 0 Å². The average molecular weight is 520 g/mol. The molecule has 0 aliphatic carbocycles. The lowest BCUT2D eigenvalue weighted by atomic mass is 10.1. The zero-order chi connectivity index (χ0) is 25.8. The van der Waals surface area contributed by atoms with Gasteiger partial charge in [-0.25, -0.2) is 12.7 Å². The molecule has 3 rings (SSSR count). The van der Waals surface area contributed by atoms with Crippen LogP contribution in [0.3, 0.4) is 0 Å². The van der Waals surface area contributed by atoms with Crippen molar-refractivity contribution in [3.8, 4) is 0 Å². The van der Waals surface area contributed by atoms with Crippen molar-refractivity contribution in [2.24, 2.45) is 0 Å². The number of carbonyl (C=O) groups is 3. The molecule has 1 aliphatic heterocycles. The van der Waals surface area contributed by atoms with E-state index < -0.39 is 22.0 Å². The summed E-state index contributed by atoms with van der Waals surface area (Å²) in [4.78, 5) is 40.1. The van der Waals surface area contributed by atoms with Gasteiger partial charge in [0.2, 0.25) is 11.8 Å². The van der Waals surface area contributed by atoms with Crippen molar-refractivity contribution in [3.05, 3.63) is 64.7 Å². The van der Waals surface area contributed by atoms with Gasteiger partial charge >= 0.3 is 0 Å². The van der Waals surface area contributed by atoms with Gasteiger partial charge in [-0.05, 0) is 56.5 Å². The second-order valence-corrected chi connectivity index (χ2v) is 10.9. The molecule has 10 heteroatoms. The smallest absolute Gasteiger partial charge is 0.269 e. The zero-order valence-corrected chi connectivity index (χ0v) is 21.6. The van der Waals surface area contributed by atoms with Crippen LogP contribution in [-0.4, -0.2) is 54.0 Å². The van der Waals surface area contributed by atoms with E-state index in [-0.39, 0.29) is 54.2 Å². The molecule has 0 radical (unpaired) electrons. The number of rotatable bonds is 10. The molecular formula is C25H30ClN3O5S. The molecule has 188 valence electrons. The second-order valence-electron chi connectivity index (χ2n) is 8.62. The van der Waals surface area contributed by atoms with Crippen LogP contribution in [0.5, 0.6) is 0 Å². The lowest BCUT2D eigenvalue weighted by Crippen LogP contribution is -2.49. The van der Waals surface area contributed by atoms with E-state index in [2.05, 4.69) is 5.32 Å². The van der Waals surface area contributed by atoms with Gasteiger partial charge in [-0.1, -0.05) is 42.8 Å². The normalized spacial score (nSPS) is 15.9. The summed E-state index contributed by atoms with van der Waals surface area (Å²) in [5, 5.41) is 3.46. The third-order valence-corrected chi connectivity index (χ3v) is 8.19. The standard InChI is InChI=1S/C25H30ClN3O5S/c1-4-17(2)27-24(31)18(3)28(16-19-11-13-20(26)14-12-19)23(30)10-7-15-29-25(32)21-8-5-6-9-22(21)35(29,33)34/h5-6,8-9,11-14,17-18H,4,7,10,15-16H2,1-3H3,(H,27,31). The van der Waals surface area contributed by atoms with Gasteiger partial charge in [0.1, 0.15) is 10.9 Å². The Hall–Kier alpha value is -2.91. The number of hydrogen-bond acceptors (Lipinski definition) is 5. The van der Waals surface area contributed by atoms with Gasteiger partial charge in [-0.3, -0.25) is 14.4 Å². The van der Waals surface area contributed by atoms with Gasteiger partial charge in [0.15, 0.2) is 0 Å². The predicted octanol–water partition coefficient (Wildman–Crippen LogP) is 3.60. The van der Waals surface area contributed by atoms with Crippen molar-refractivity contribution < 1.29 is 22.8 Å². The largest absolute Gasteiger partial charge is 0.352 e. The summed E-state index contributed by atoms with van der Waals surface area (Å²) in [5.41, 5.74) is 0.942. The Morgan fingerprint density at radius 3 is 2.37 bits per heavy atom. The Morgan fingerprint density at radius 1 is 1.09 bits per heavy atom. The fraction of sp³-hybridized carbons (Fsp3) is 0.400. The third-order valence-electron chi connectivity index (χ3n) is 6.10. The fourth-order valence-corrected chi connectivity index (χ4v) is 5.54. The molecule has 2 atom stereocenters. The summed E-state index contributed by atoms with van der Waals surface area (Å²) in [6.07, 6.45) is 0.864. The lowest BCUT2D eigenvalue weighted by Gasteiger charge is -2.30. The van der Waals surface area contributed by atoms with Gasteiger partial charge < -0.3 is 10.2 Å². The molecule has 3 amide bonds. The molecule has 1 heterocycles. The maximum absolute atomic E-state index is 13.2. The van der Waals surface area contributed by atoms with Crippen LogP contribution in [0.1, 0.15) is 56.0 Å². The number of hydrogen-bond donors (Lipinski definition) is 1. The highest BCUT2D eigenvalue weighted by Crippen LogP contribution is 2.30. The Balaban J connectivity index is 1.71. The quantitative estimate of drug-likeness (QED) is 0.516. The van der Waals surface area contributed by atoms with Crippen LogP contribution in [0.4, 0.5) is 0 Å². The molecular weight excluding hydrogens is 490 g/mol. The molecule has 0 saturated carbocycles. The third kappa shape index (κ3) is 6.02. The van der Waals surface area contributed by atoms with Crippen LogP contribution < -0.4 is 5.32 Å². The Labute approximate surface area is 211 Å². The number of carbonyl (C=O) groups excluding carboxylic acids is 3. The van der Waals surface area contributed by atoms with E-state index in [4.69, 9.17) is 11.6 Å². The number of fused-ring (bicyclic) bond motifs is 1. The maximum atomic E-state index is 13.2. The predicted molar refractivity (Wildman–Crippen MR) is 133 cm³/mol. The lowest BCUT2D eigenvalue weighted by molar-refractivity contribution is -0.141. The summed E-state index contributed by atoms with van der Waals surface area (Å²) in [5.74, 6) is -1.17. The van der Waals surface area contributed by atoms with E-state index in [9.17, 15) is 22.8 Å². The van der Waals surface area contributed by atoms with E-state index in [0.29, 0.717) is 5.02 Å². The van der Waals surface area contributed by atoms with Crippen molar-refractivity contribution in [2.75, 3.05) is 6.54 Å². The molecule has 0 spiro atoms. The first-order valence-electron chi connectivity index (χ1n) is 11.6. The highest BCUT2D eigenvalue weighted by molar-refractivity contribution is 7.90. The minimum Gasteiger partial charge on any atom is -0.352 e. The molecule has 2 unspecified atom stereocenters. The summed E-state index contributed by atoms with van der Waals surface area (Å²) in [6.45, 7) is 5.58. The van der Waals surface area contributed by atoms with Gasteiger partial charge in [-0.2, -0.15) is 0 Å². The van der Waals surface area contributed by atoms with Crippen molar-refractivity contribution >= 4 is 39.3 Å². The molecule has 2 aromatic carbocycles. The van der Waals surface area contributed by atoms with Crippen molar-refractivity contribution in [2.45, 2.75) is 63.6 Å². The van der Waals surface area contributed by atoms with Gasteiger partial charge in [-0.15, -0.1) is 0 Å². The summed E-state index contributed by atoms with van der Waals surface area (Å²) in [6, 6.07) is 12.3. The molecule has 0 saturated heterocycles. The zero-order valence-electron chi connectivity index (χ0n) is 20.0. The number of amides is 3. The summed E-state index contributed by atoms with van der Waals surface area (Å²) >= 11 is 5.97. The van der Waals surface area contributed by atoms with E-state index in [1.807, 2.05) is 13.8 Å². The molecule has 1 N–H and O–H groups in total. The highest BCUT2D eigenvalue weighted by atomic mass is 35.5. The molecule has 2 aromatic rings. The van der Waals surface area contributed by atoms with Crippen molar-refractivity contribution in [1.82, 2.24) is 14.5 Å². The summed E-state index contributed by atoms with van der Waals surface area (Å²) < 4.78 is 26.3. The first-order chi connectivity index (χ1) is 16.6. The minimum atomic E-state index is -3.93. The van der Waals surface area contributed by atoms with E-state index in [1.54, 1.807) is 43.3 Å². The van der Waals surface area contributed by atoms with Crippen LogP contribution in [-0.2, 0) is 26.2 Å². The number of halogens is 1. The van der Waals surface area contributed by atoms with Crippen LogP contribution in [0.25, 0.3) is 0 Å². The van der Waals surface area contributed by atoms with E-state index in [1.165, 1.54) is 17.0 Å². The topological polar surface area (TPSA) is 104 Å². The number of nitrogens with zero attached hydrogens (tertiary/aromatic N) is 2. The fourth-order valence-electron chi connectivity index (χ4n) is 3.80. The van der Waals surface area contributed by atoms with Crippen molar-refractivity contribution in [1.29, 1.82) is 0 Å². The van der Waals surface area contributed by atoms with Crippen LogP contribution in [0, 0.1) is 0 Å². The summed E-state index contributed by atoms with van der Waals surface area (Å²) in [7, 11) is -3.93. The second kappa shape index (κ2) is 11.2. The maximum Gasteiger partial charge on any atom is 0.269 e. The average Bonchev–Trinajstić information content (AvgIpc) is 3.03. The molecule has 8 nitrogen and oxygen atoms in total. The molecule has 0 bridgehead atoms. The SMILES string of the molecule is CCC(C)NC(=O)C(C)N(Cc1ccc(Cl)cc1)C(=O)CCCN1C(=O)c2ccccc2S1(=O)=O. The molecule has 35 heavy (non-hydrogen) atoms. The van der Waals surface area contributed by atoms with E-state index >= 15 is 0 Å². The first-order valence-corrected chi connectivity index (χ1v) is 13.4. The monoisotopic (exact) mass is 519 g/mol. The minimum absolute atomic E-state index is 0.0176. The van der Waals surface area contributed by atoms with Crippen LogP contribution in [0.15, 0.2) is 53.4 Å². The first kappa shape index (κ1) is 26.7. The van der Waals surface area contributed by atoms with Crippen LogP contribution >= 0.6 is 11.6 Å². The molecule has 1 aliphatic rings. The number of benzene rings is 2. The Bertz CT molecular complexity index is 1200. The number of nitrogens with one attached hydrogen (secondary N) is 1. The Kier molecular flexibility index (Phi) is 8.56. The Morgan fingerprint density at radius 2 is 1.74 bits per heavy atom. The van der Waals surface area contributed by atoms with E-state index in [0.717, 1.165) is 16.3 Å². The molecule has 0 aromatic heterocycles. The van der Waals surface area contributed by atoms with Gasteiger partial charge in [0, 0.05) is 30.6 Å². The van der Waals surface area contributed by atoms with Gasteiger partial charge in [0.25, 0.3) is 15.9 Å². The van der Waals surface area contributed by atoms with Crippen LogP contribution in [0.2, 0.25) is 5.02 Å². The molecule has 0 fully saturated rings. The van der Waals surface area contributed by atoms with Gasteiger partial charge in [0.05, 0.1) is 5.56 Å². The highest BCUT2D eigenvalue weighted by Gasteiger charge is 2.40. The number of sulfonamides is 1.